The zero-order valence-electron chi connectivity index (χ0n) is 8.04. The Morgan fingerprint density at radius 3 is 2.71 bits per heavy atom. The van der Waals surface area contributed by atoms with E-state index in [2.05, 4.69) is 5.32 Å². The van der Waals surface area contributed by atoms with Crippen LogP contribution in [-0.4, -0.2) is 12.1 Å². The van der Waals surface area contributed by atoms with Gasteiger partial charge in [-0.05, 0) is 31.4 Å². The van der Waals surface area contributed by atoms with E-state index in [9.17, 15) is 4.39 Å². The van der Waals surface area contributed by atoms with Gasteiger partial charge in [0.25, 0.3) is 0 Å². The molecule has 3 N–H and O–H groups in total. The first-order chi connectivity index (χ1) is 6.77. The number of anilines is 1. The van der Waals surface area contributed by atoms with E-state index in [1.807, 2.05) is 6.07 Å². The summed E-state index contributed by atoms with van der Waals surface area (Å²) < 4.78 is 13.3. The van der Waals surface area contributed by atoms with Crippen molar-refractivity contribution >= 4 is 5.69 Å². The normalized spacial score (nSPS) is 26.4. The second kappa shape index (κ2) is 3.96. The van der Waals surface area contributed by atoms with Crippen LogP contribution in [0.2, 0.25) is 0 Å². The van der Waals surface area contributed by atoms with Crippen LogP contribution in [0, 0.1) is 5.82 Å². The number of hydrogen-bond acceptors (Lipinski definition) is 2. The number of hydrogen-bond donors (Lipinski definition) is 2. The largest absolute Gasteiger partial charge is 0.378 e. The minimum atomic E-state index is -0.202. The minimum absolute atomic E-state index is 0.162. The van der Waals surface area contributed by atoms with E-state index >= 15 is 0 Å². The summed E-state index contributed by atoms with van der Waals surface area (Å²) in [6.45, 7) is 0. The fourth-order valence-corrected chi connectivity index (χ4v) is 1.95. The predicted molar refractivity (Wildman–Crippen MR) is 55.6 cm³/mol. The first-order valence-corrected chi connectivity index (χ1v) is 5.04. The second-order valence-corrected chi connectivity index (χ2v) is 3.83. The van der Waals surface area contributed by atoms with E-state index in [0.717, 1.165) is 19.3 Å². The van der Waals surface area contributed by atoms with Gasteiger partial charge in [0, 0.05) is 12.1 Å². The monoisotopic (exact) mass is 194 g/mol. The van der Waals surface area contributed by atoms with Crippen LogP contribution < -0.4 is 11.1 Å². The Balaban J connectivity index is 2.07. The first-order valence-electron chi connectivity index (χ1n) is 5.04. The highest BCUT2D eigenvalue weighted by molar-refractivity contribution is 5.45. The van der Waals surface area contributed by atoms with Gasteiger partial charge in [0.05, 0.1) is 5.69 Å². The zero-order chi connectivity index (χ0) is 9.97. The highest BCUT2D eigenvalue weighted by atomic mass is 19.1. The lowest BCUT2D eigenvalue weighted by molar-refractivity contribution is 0.607. The van der Waals surface area contributed by atoms with Gasteiger partial charge >= 0.3 is 0 Å². The average Bonchev–Trinajstić information content (AvgIpc) is 2.56. The third kappa shape index (κ3) is 1.87. The van der Waals surface area contributed by atoms with E-state index in [0.29, 0.717) is 5.69 Å². The number of halogens is 1. The summed E-state index contributed by atoms with van der Waals surface area (Å²) in [5.74, 6) is -0.202. The lowest BCUT2D eigenvalue weighted by atomic mass is 10.1. The Morgan fingerprint density at radius 1 is 1.29 bits per heavy atom. The Bertz CT molecular complexity index is 314. The Kier molecular flexibility index (Phi) is 2.68. The molecule has 1 aromatic carbocycles. The smallest absolute Gasteiger partial charge is 0.146 e. The summed E-state index contributed by atoms with van der Waals surface area (Å²) in [6.07, 6.45) is 3.20. The SMILES string of the molecule is N[C@@H]1CCC[C@H]1Nc1ccccc1F. The number of rotatable bonds is 2. The molecule has 1 fully saturated rings. The number of nitrogens with one attached hydrogen (secondary N) is 1. The van der Waals surface area contributed by atoms with Crippen molar-refractivity contribution in [2.45, 2.75) is 31.3 Å². The molecule has 3 heteroatoms. The third-order valence-corrected chi connectivity index (χ3v) is 2.78. The van der Waals surface area contributed by atoms with Gasteiger partial charge in [0.15, 0.2) is 0 Å². The van der Waals surface area contributed by atoms with Crippen molar-refractivity contribution < 1.29 is 4.39 Å². The number of benzene rings is 1. The zero-order valence-corrected chi connectivity index (χ0v) is 8.04. The molecule has 1 aromatic rings. The van der Waals surface area contributed by atoms with Crippen molar-refractivity contribution in [3.8, 4) is 0 Å². The molecule has 76 valence electrons. The molecule has 0 aliphatic heterocycles. The summed E-state index contributed by atoms with van der Waals surface area (Å²) in [6, 6.07) is 7.12. The van der Waals surface area contributed by atoms with Crippen LogP contribution in [-0.2, 0) is 0 Å². The Labute approximate surface area is 83.3 Å². The highest BCUT2D eigenvalue weighted by Gasteiger charge is 2.23. The number of nitrogens with two attached hydrogens (primary N) is 1. The van der Waals surface area contributed by atoms with Crippen LogP contribution in [0.5, 0.6) is 0 Å². The van der Waals surface area contributed by atoms with E-state index in [1.165, 1.54) is 6.07 Å². The van der Waals surface area contributed by atoms with Gasteiger partial charge in [-0.2, -0.15) is 0 Å². The molecule has 0 saturated heterocycles. The molecule has 0 heterocycles. The summed E-state index contributed by atoms with van der Waals surface area (Å²) in [4.78, 5) is 0. The summed E-state index contributed by atoms with van der Waals surface area (Å²) in [5.41, 5.74) is 6.46. The van der Waals surface area contributed by atoms with Crippen molar-refractivity contribution in [2.24, 2.45) is 5.73 Å². The molecular weight excluding hydrogens is 179 g/mol. The quantitative estimate of drug-likeness (QED) is 0.756. The fraction of sp³-hybridized carbons (Fsp3) is 0.455. The summed E-state index contributed by atoms with van der Waals surface area (Å²) in [7, 11) is 0. The van der Waals surface area contributed by atoms with Gasteiger partial charge in [-0.3, -0.25) is 0 Å². The maximum absolute atomic E-state index is 13.3. The van der Waals surface area contributed by atoms with Crippen molar-refractivity contribution in [1.29, 1.82) is 0 Å². The van der Waals surface area contributed by atoms with Gasteiger partial charge in [0.2, 0.25) is 0 Å². The van der Waals surface area contributed by atoms with Gasteiger partial charge in [-0.15, -0.1) is 0 Å². The van der Waals surface area contributed by atoms with Gasteiger partial charge in [-0.1, -0.05) is 12.1 Å². The van der Waals surface area contributed by atoms with Crippen LogP contribution in [0.15, 0.2) is 24.3 Å². The molecule has 0 radical (unpaired) electrons. The van der Waals surface area contributed by atoms with Crippen LogP contribution in [0.25, 0.3) is 0 Å². The standard InChI is InChI=1S/C11H15FN2/c12-8-4-1-2-6-10(8)14-11-7-3-5-9(11)13/h1-2,4,6,9,11,14H,3,5,7,13H2/t9-,11-/m1/s1. The average molecular weight is 194 g/mol. The van der Waals surface area contributed by atoms with Gasteiger partial charge in [0.1, 0.15) is 5.82 Å². The molecule has 0 spiro atoms. The maximum Gasteiger partial charge on any atom is 0.146 e. The lowest BCUT2D eigenvalue weighted by Crippen LogP contribution is -2.35. The molecular formula is C11H15FN2. The summed E-state index contributed by atoms with van der Waals surface area (Å²) >= 11 is 0. The van der Waals surface area contributed by atoms with E-state index in [1.54, 1.807) is 12.1 Å². The van der Waals surface area contributed by atoms with Crippen molar-refractivity contribution in [3.63, 3.8) is 0 Å². The molecule has 1 aliphatic rings. The molecule has 0 aromatic heterocycles. The van der Waals surface area contributed by atoms with Crippen molar-refractivity contribution in [2.75, 3.05) is 5.32 Å². The Morgan fingerprint density at radius 2 is 2.07 bits per heavy atom. The van der Waals surface area contributed by atoms with E-state index in [4.69, 9.17) is 5.73 Å². The lowest BCUT2D eigenvalue weighted by Gasteiger charge is -2.18. The Hall–Kier alpha value is -1.09. The van der Waals surface area contributed by atoms with Gasteiger partial charge < -0.3 is 11.1 Å². The minimum Gasteiger partial charge on any atom is -0.378 e. The predicted octanol–water partition coefficient (Wildman–Crippen LogP) is 2.12. The molecule has 0 unspecified atom stereocenters. The first kappa shape index (κ1) is 9.46. The summed E-state index contributed by atoms with van der Waals surface area (Å²) in [5, 5.41) is 3.16. The van der Waals surface area contributed by atoms with E-state index in [-0.39, 0.29) is 17.9 Å². The third-order valence-electron chi connectivity index (χ3n) is 2.78. The molecule has 0 bridgehead atoms. The van der Waals surface area contributed by atoms with Crippen LogP contribution in [0.4, 0.5) is 10.1 Å². The maximum atomic E-state index is 13.3. The van der Waals surface area contributed by atoms with Crippen molar-refractivity contribution in [3.05, 3.63) is 30.1 Å². The van der Waals surface area contributed by atoms with E-state index < -0.39 is 0 Å². The molecule has 2 rings (SSSR count). The number of para-hydroxylation sites is 1. The van der Waals surface area contributed by atoms with Crippen LogP contribution in [0.1, 0.15) is 19.3 Å². The molecule has 2 atom stereocenters. The molecule has 1 aliphatic carbocycles. The fourth-order valence-electron chi connectivity index (χ4n) is 1.95. The van der Waals surface area contributed by atoms with Crippen molar-refractivity contribution in [1.82, 2.24) is 0 Å². The molecule has 1 saturated carbocycles. The molecule has 0 amide bonds. The topological polar surface area (TPSA) is 38.0 Å². The molecule has 2 nitrogen and oxygen atoms in total. The van der Waals surface area contributed by atoms with Crippen LogP contribution in [0.3, 0.4) is 0 Å². The highest BCUT2D eigenvalue weighted by Crippen LogP contribution is 2.22. The van der Waals surface area contributed by atoms with Crippen LogP contribution >= 0.6 is 0 Å². The second-order valence-electron chi connectivity index (χ2n) is 3.83. The molecule has 14 heavy (non-hydrogen) atoms. The van der Waals surface area contributed by atoms with Gasteiger partial charge in [-0.25, -0.2) is 4.39 Å².